The molecule has 0 atom stereocenters. The van der Waals surface area contributed by atoms with Crippen molar-refractivity contribution in [1.82, 2.24) is 0 Å². The molecule has 0 aliphatic carbocycles. The van der Waals surface area contributed by atoms with E-state index in [1.165, 1.54) is 12.1 Å². The van der Waals surface area contributed by atoms with E-state index in [1.807, 2.05) is 0 Å². The molecule has 0 spiro atoms. The van der Waals surface area contributed by atoms with Gasteiger partial charge in [0.1, 0.15) is 0 Å². The van der Waals surface area contributed by atoms with Crippen LogP contribution in [0.1, 0.15) is 5.56 Å². The van der Waals surface area contributed by atoms with Gasteiger partial charge in [0.15, 0.2) is 0 Å². The van der Waals surface area contributed by atoms with E-state index in [9.17, 15) is 18.0 Å². The van der Waals surface area contributed by atoms with Gasteiger partial charge in [0, 0.05) is 5.69 Å². The van der Waals surface area contributed by atoms with Crippen LogP contribution in [-0.4, -0.2) is 12.7 Å². The van der Waals surface area contributed by atoms with Crippen molar-refractivity contribution in [3.05, 3.63) is 36.8 Å². The molecule has 1 radical (unpaired) electrons. The number of alkyl halides is 3. The first-order chi connectivity index (χ1) is 7.43. The molecule has 1 aromatic carbocycles. The third-order valence-electron chi connectivity index (χ3n) is 1.67. The summed E-state index contributed by atoms with van der Waals surface area (Å²) in [5, 5.41) is 2.15. The number of nitrogens with one attached hydrogen (secondary N) is 1. The average molecular weight is 232 g/mol. The summed E-state index contributed by atoms with van der Waals surface area (Å²) in [6.07, 6.45) is -5.28. The summed E-state index contributed by atoms with van der Waals surface area (Å²) in [5.41, 5.74) is -0.812. The zero-order valence-electron chi connectivity index (χ0n) is 8.17. The van der Waals surface area contributed by atoms with Crippen LogP contribution >= 0.6 is 0 Å². The lowest BCUT2D eigenvalue weighted by Gasteiger charge is -2.09. The predicted molar refractivity (Wildman–Crippen MR) is 51.8 cm³/mol. The summed E-state index contributed by atoms with van der Waals surface area (Å²) in [4.78, 5) is 10.9. The lowest BCUT2D eigenvalue weighted by atomic mass is 10.2. The van der Waals surface area contributed by atoms with Crippen molar-refractivity contribution in [3.63, 3.8) is 0 Å². The van der Waals surface area contributed by atoms with Crippen LogP contribution in [0.3, 0.4) is 0 Å². The van der Waals surface area contributed by atoms with Gasteiger partial charge in [0.05, 0.1) is 12.2 Å². The topological polar surface area (TPSA) is 38.3 Å². The zero-order chi connectivity index (χ0) is 12.2. The molecule has 1 rings (SSSR count). The molecule has 3 nitrogen and oxygen atoms in total. The first-order valence-corrected chi connectivity index (χ1v) is 4.34. The highest BCUT2D eigenvalue weighted by Gasteiger charge is 2.30. The number of carbonyl (C=O) groups excluding carboxylic acids is 1. The average Bonchev–Trinajstić information content (AvgIpc) is 2.17. The molecular formula is C10H9F3NO2. The van der Waals surface area contributed by atoms with Gasteiger partial charge in [0.25, 0.3) is 0 Å². The molecule has 6 heteroatoms. The molecule has 0 fully saturated rings. The van der Waals surface area contributed by atoms with Crippen molar-refractivity contribution < 1.29 is 22.7 Å². The van der Waals surface area contributed by atoms with Gasteiger partial charge in [0.2, 0.25) is 0 Å². The van der Waals surface area contributed by atoms with E-state index in [-0.39, 0.29) is 12.3 Å². The van der Waals surface area contributed by atoms with Gasteiger partial charge in [-0.15, -0.1) is 0 Å². The first-order valence-electron chi connectivity index (χ1n) is 4.34. The van der Waals surface area contributed by atoms with E-state index in [1.54, 1.807) is 0 Å². The number of hydrogen-bond acceptors (Lipinski definition) is 2. The fourth-order valence-corrected chi connectivity index (χ4v) is 1.02. The molecule has 0 saturated heterocycles. The third kappa shape index (κ3) is 3.45. The molecule has 0 heterocycles. The Bertz CT molecular complexity index is 377. The van der Waals surface area contributed by atoms with Crippen LogP contribution in [0.25, 0.3) is 0 Å². The van der Waals surface area contributed by atoms with E-state index >= 15 is 0 Å². The zero-order valence-corrected chi connectivity index (χ0v) is 8.17. The number of amides is 1. The summed E-state index contributed by atoms with van der Waals surface area (Å²) in [5.74, 6) is 0. The second-order valence-corrected chi connectivity index (χ2v) is 2.84. The predicted octanol–water partition coefficient (Wildman–Crippen LogP) is 3.09. The number of hydrogen-bond donors (Lipinski definition) is 1. The number of halogens is 3. The maximum absolute atomic E-state index is 12.3. The Morgan fingerprint density at radius 2 is 2.12 bits per heavy atom. The standard InChI is InChI=1S/C10H9F3NO2/c1-2-16-9(15)14-8-5-3-4-7(6-8)10(11,12)13/h3-6H,1-2H2,(H,14,15). The van der Waals surface area contributed by atoms with E-state index in [2.05, 4.69) is 17.0 Å². The minimum atomic E-state index is -4.44. The molecule has 1 aromatic rings. The highest BCUT2D eigenvalue weighted by Crippen LogP contribution is 2.30. The minimum absolute atomic E-state index is 0.0216. The van der Waals surface area contributed by atoms with Crippen molar-refractivity contribution in [2.24, 2.45) is 0 Å². The van der Waals surface area contributed by atoms with Gasteiger partial charge < -0.3 is 4.74 Å². The van der Waals surface area contributed by atoms with Gasteiger partial charge in [-0.05, 0) is 25.1 Å². The van der Waals surface area contributed by atoms with Crippen molar-refractivity contribution in [1.29, 1.82) is 0 Å². The molecule has 16 heavy (non-hydrogen) atoms. The lowest BCUT2D eigenvalue weighted by molar-refractivity contribution is -0.137. The second kappa shape index (κ2) is 4.87. The molecule has 0 unspecified atom stereocenters. The Morgan fingerprint density at radius 1 is 1.44 bits per heavy atom. The van der Waals surface area contributed by atoms with E-state index in [4.69, 9.17) is 0 Å². The smallest absolute Gasteiger partial charge is 0.416 e. The van der Waals surface area contributed by atoms with Crippen LogP contribution < -0.4 is 5.32 Å². The van der Waals surface area contributed by atoms with Crippen LogP contribution in [0.15, 0.2) is 24.3 Å². The lowest BCUT2D eigenvalue weighted by Crippen LogP contribution is -2.14. The molecule has 0 saturated carbocycles. The minimum Gasteiger partial charge on any atom is -0.449 e. The SMILES string of the molecule is [CH2]COC(=O)Nc1cccc(C(F)(F)F)c1. The van der Waals surface area contributed by atoms with E-state index < -0.39 is 17.8 Å². The Hall–Kier alpha value is -1.72. The maximum atomic E-state index is 12.3. The Labute approximate surface area is 90.2 Å². The Balaban J connectivity index is 2.79. The second-order valence-electron chi connectivity index (χ2n) is 2.84. The molecular weight excluding hydrogens is 223 g/mol. The van der Waals surface area contributed by atoms with Crippen LogP contribution in [0.2, 0.25) is 0 Å². The highest BCUT2D eigenvalue weighted by molar-refractivity contribution is 5.84. The normalized spacial score (nSPS) is 11.0. The van der Waals surface area contributed by atoms with Gasteiger partial charge in [-0.1, -0.05) is 6.07 Å². The molecule has 0 aliphatic heterocycles. The number of anilines is 1. The summed E-state index contributed by atoms with van der Waals surface area (Å²) in [6.45, 7) is 3.17. The maximum Gasteiger partial charge on any atom is 0.416 e. The summed E-state index contributed by atoms with van der Waals surface area (Å²) >= 11 is 0. The van der Waals surface area contributed by atoms with Crippen LogP contribution in [0.5, 0.6) is 0 Å². The third-order valence-corrected chi connectivity index (χ3v) is 1.67. The first kappa shape index (κ1) is 12.4. The molecule has 0 aromatic heterocycles. The number of rotatable bonds is 2. The Kier molecular flexibility index (Phi) is 3.76. The quantitative estimate of drug-likeness (QED) is 0.850. The molecule has 1 amide bonds. The van der Waals surface area contributed by atoms with Gasteiger partial charge >= 0.3 is 12.3 Å². The number of carbonyl (C=O) groups is 1. The monoisotopic (exact) mass is 232 g/mol. The van der Waals surface area contributed by atoms with Crippen LogP contribution in [0.4, 0.5) is 23.7 Å². The largest absolute Gasteiger partial charge is 0.449 e. The van der Waals surface area contributed by atoms with Crippen molar-refractivity contribution in [2.75, 3.05) is 11.9 Å². The molecule has 0 aliphatic rings. The number of benzene rings is 1. The van der Waals surface area contributed by atoms with Crippen molar-refractivity contribution >= 4 is 11.8 Å². The molecule has 0 bridgehead atoms. The summed E-state index contributed by atoms with van der Waals surface area (Å²) < 4.78 is 41.3. The Morgan fingerprint density at radius 3 is 2.69 bits per heavy atom. The fourth-order valence-electron chi connectivity index (χ4n) is 1.02. The highest BCUT2D eigenvalue weighted by atomic mass is 19.4. The van der Waals surface area contributed by atoms with Gasteiger partial charge in [-0.3, -0.25) is 5.32 Å². The molecule has 87 valence electrons. The summed E-state index contributed by atoms with van der Waals surface area (Å²) in [6, 6.07) is 4.27. The number of ether oxygens (including phenoxy) is 1. The molecule has 1 N–H and O–H groups in total. The van der Waals surface area contributed by atoms with Gasteiger partial charge in [-0.25, -0.2) is 4.79 Å². The van der Waals surface area contributed by atoms with Crippen LogP contribution in [-0.2, 0) is 10.9 Å². The van der Waals surface area contributed by atoms with Crippen molar-refractivity contribution in [2.45, 2.75) is 6.18 Å². The van der Waals surface area contributed by atoms with E-state index in [0.717, 1.165) is 12.1 Å². The van der Waals surface area contributed by atoms with Gasteiger partial charge in [-0.2, -0.15) is 13.2 Å². The fraction of sp³-hybridized carbons (Fsp3) is 0.200. The van der Waals surface area contributed by atoms with Crippen molar-refractivity contribution in [3.8, 4) is 0 Å². The summed E-state index contributed by atoms with van der Waals surface area (Å²) in [7, 11) is 0. The van der Waals surface area contributed by atoms with Crippen LogP contribution in [0, 0.1) is 6.92 Å². The van der Waals surface area contributed by atoms with E-state index in [0.29, 0.717) is 0 Å².